The number of aromatic nitrogens is 2. The Labute approximate surface area is 174 Å². The van der Waals surface area contributed by atoms with Crippen molar-refractivity contribution < 1.29 is 14.3 Å². The lowest BCUT2D eigenvalue weighted by Gasteiger charge is -2.19. The molecule has 2 aromatic rings. The number of ether oxygens (including phenoxy) is 1. The van der Waals surface area contributed by atoms with Gasteiger partial charge in [0.05, 0.1) is 22.7 Å². The molecule has 1 N–H and O–H groups in total. The van der Waals surface area contributed by atoms with Crippen molar-refractivity contribution in [3.63, 3.8) is 0 Å². The fraction of sp³-hybridized carbons (Fsp3) is 0.500. The number of carbonyl (C=O) groups excluding carboxylic acids is 2. The number of aryl methyl sites for hydroxylation is 1. The van der Waals surface area contributed by atoms with E-state index >= 15 is 0 Å². The Bertz CT molecular complexity index is 883. The molecule has 1 saturated heterocycles. The second-order valence-corrected chi connectivity index (χ2v) is 8.55. The highest BCUT2D eigenvalue weighted by molar-refractivity contribution is 7.13. The third-order valence-corrected chi connectivity index (χ3v) is 5.84. The number of thiophene rings is 1. The zero-order chi connectivity index (χ0) is 21.0. The maximum atomic E-state index is 12.8. The fourth-order valence-electron chi connectivity index (χ4n) is 3.32. The highest BCUT2D eigenvalue weighted by Gasteiger charge is 2.32. The van der Waals surface area contributed by atoms with E-state index < -0.39 is 0 Å². The minimum Gasteiger partial charge on any atom is -0.383 e. The minimum absolute atomic E-state index is 0.00937. The summed E-state index contributed by atoms with van der Waals surface area (Å²) in [5, 5.41) is 2.84. The molecule has 2 aromatic heterocycles. The molecule has 2 amide bonds. The Morgan fingerprint density at radius 3 is 2.83 bits per heavy atom. The lowest BCUT2D eigenvalue weighted by Crippen LogP contribution is -2.30. The number of amides is 2. The number of hydrogen-bond donors (Lipinski definition) is 1. The van der Waals surface area contributed by atoms with E-state index in [0.29, 0.717) is 43.4 Å². The Morgan fingerprint density at radius 2 is 2.17 bits per heavy atom. The Balaban J connectivity index is 1.81. The summed E-state index contributed by atoms with van der Waals surface area (Å²) in [5.41, 5.74) is 1.15. The van der Waals surface area contributed by atoms with Crippen LogP contribution in [0.2, 0.25) is 0 Å². The van der Waals surface area contributed by atoms with Gasteiger partial charge in [0.1, 0.15) is 0 Å². The number of hydrogen-bond acceptors (Lipinski definition) is 7. The van der Waals surface area contributed by atoms with Crippen molar-refractivity contribution in [3.8, 4) is 0 Å². The molecular weight excluding hydrogens is 390 g/mol. The molecule has 1 atom stereocenters. The van der Waals surface area contributed by atoms with Crippen LogP contribution in [0.25, 0.3) is 0 Å². The van der Waals surface area contributed by atoms with Crippen LogP contribution in [0.3, 0.4) is 0 Å². The van der Waals surface area contributed by atoms with Gasteiger partial charge in [-0.1, -0.05) is 0 Å². The lowest BCUT2D eigenvalue weighted by molar-refractivity contribution is 0.0795. The van der Waals surface area contributed by atoms with Gasteiger partial charge in [0.25, 0.3) is 11.8 Å². The topological polar surface area (TPSA) is 87.7 Å². The number of rotatable bonds is 7. The molecule has 156 valence electrons. The van der Waals surface area contributed by atoms with E-state index in [-0.39, 0.29) is 17.7 Å². The average Bonchev–Trinajstić information content (AvgIpc) is 3.36. The molecule has 3 heterocycles. The van der Waals surface area contributed by atoms with Crippen LogP contribution in [0.1, 0.15) is 42.9 Å². The Morgan fingerprint density at radius 1 is 1.38 bits per heavy atom. The summed E-state index contributed by atoms with van der Waals surface area (Å²) >= 11 is 1.51. The quantitative estimate of drug-likeness (QED) is 0.693. The number of methoxy groups -OCH3 is 1. The molecule has 0 spiro atoms. The molecule has 8 nitrogen and oxygen atoms in total. The van der Waals surface area contributed by atoms with Gasteiger partial charge in [0.2, 0.25) is 5.95 Å². The van der Waals surface area contributed by atoms with Crippen LogP contribution in [-0.4, -0.2) is 74.1 Å². The zero-order valence-electron chi connectivity index (χ0n) is 17.3. The molecule has 3 rings (SSSR count). The van der Waals surface area contributed by atoms with Crippen molar-refractivity contribution in [1.29, 1.82) is 0 Å². The van der Waals surface area contributed by atoms with E-state index in [1.807, 2.05) is 43.0 Å². The van der Waals surface area contributed by atoms with E-state index in [1.165, 1.54) is 11.3 Å². The lowest BCUT2D eigenvalue weighted by atomic mass is 10.00. The fourth-order valence-corrected chi connectivity index (χ4v) is 4.16. The largest absolute Gasteiger partial charge is 0.383 e. The number of anilines is 1. The standard InChI is InChI=1S/C20H27N5O3S/c1-13-5-6-16(29-13)19(27)25-9-7-14(12-25)17-15(18(26)21-8-10-28-4)11-22-20(23-17)24(2)3/h5-6,11,14H,7-10,12H2,1-4H3,(H,21,26). The van der Waals surface area contributed by atoms with Crippen LogP contribution in [0.4, 0.5) is 5.95 Å². The van der Waals surface area contributed by atoms with Gasteiger partial charge in [0.15, 0.2) is 0 Å². The van der Waals surface area contributed by atoms with Crippen molar-refractivity contribution in [2.45, 2.75) is 19.3 Å². The molecule has 29 heavy (non-hydrogen) atoms. The summed E-state index contributed by atoms with van der Waals surface area (Å²) in [4.78, 5) is 40.0. The molecule has 1 unspecified atom stereocenters. The van der Waals surface area contributed by atoms with Gasteiger partial charge in [-0.05, 0) is 25.5 Å². The summed E-state index contributed by atoms with van der Waals surface area (Å²) in [6, 6.07) is 3.83. The Kier molecular flexibility index (Phi) is 6.81. The van der Waals surface area contributed by atoms with Crippen molar-refractivity contribution >= 4 is 29.1 Å². The smallest absolute Gasteiger partial charge is 0.263 e. The van der Waals surface area contributed by atoms with Gasteiger partial charge in [0, 0.05) is 57.8 Å². The van der Waals surface area contributed by atoms with Crippen LogP contribution >= 0.6 is 11.3 Å². The van der Waals surface area contributed by atoms with Crippen LogP contribution in [0.15, 0.2) is 18.3 Å². The summed E-state index contributed by atoms with van der Waals surface area (Å²) in [6.07, 6.45) is 2.34. The normalized spacial score (nSPS) is 16.1. The van der Waals surface area contributed by atoms with Crippen LogP contribution in [0, 0.1) is 6.92 Å². The molecule has 0 bridgehead atoms. The molecule has 1 aliphatic rings. The summed E-state index contributed by atoms with van der Waals surface area (Å²) in [7, 11) is 5.31. The second kappa shape index (κ2) is 9.32. The third kappa shape index (κ3) is 4.91. The van der Waals surface area contributed by atoms with Crippen LogP contribution < -0.4 is 10.2 Å². The van der Waals surface area contributed by atoms with Gasteiger partial charge >= 0.3 is 0 Å². The van der Waals surface area contributed by atoms with Gasteiger partial charge in [-0.15, -0.1) is 11.3 Å². The van der Waals surface area contributed by atoms with Crippen molar-refractivity contribution in [2.75, 3.05) is 52.3 Å². The first-order valence-corrected chi connectivity index (χ1v) is 10.4. The first-order valence-electron chi connectivity index (χ1n) is 9.57. The van der Waals surface area contributed by atoms with E-state index in [0.717, 1.165) is 16.2 Å². The van der Waals surface area contributed by atoms with Gasteiger partial charge in [-0.3, -0.25) is 9.59 Å². The summed E-state index contributed by atoms with van der Waals surface area (Å²) in [6.45, 7) is 4.03. The highest BCUT2D eigenvalue weighted by atomic mass is 32.1. The molecule has 1 fully saturated rings. The SMILES string of the molecule is COCCNC(=O)c1cnc(N(C)C)nc1C1CCN(C(=O)c2ccc(C)s2)C1. The van der Waals surface area contributed by atoms with Crippen LogP contribution in [-0.2, 0) is 4.74 Å². The molecular formula is C20H27N5O3S. The molecule has 0 radical (unpaired) electrons. The van der Waals surface area contributed by atoms with Crippen molar-refractivity contribution in [2.24, 2.45) is 0 Å². The predicted molar refractivity (Wildman–Crippen MR) is 113 cm³/mol. The number of nitrogens with one attached hydrogen (secondary N) is 1. The van der Waals surface area contributed by atoms with Gasteiger partial charge in [-0.25, -0.2) is 9.97 Å². The average molecular weight is 418 g/mol. The van der Waals surface area contributed by atoms with Crippen LogP contribution in [0.5, 0.6) is 0 Å². The molecule has 0 saturated carbocycles. The van der Waals surface area contributed by atoms with E-state index in [4.69, 9.17) is 4.74 Å². The van der Waals surface area contributed by atoms with Crippen molar-refractivity contribution in [3.05, 3.63) is 39.3 Å². The second-order valence-electron chi connectivity index (χ2n) is 7.26. The number of carbonyl (C=O) groups is 2. The molecule has 0 aromatic carbocycles. The predicted octanol–water partition coefficient (Wildman–Crippen LogP) is 1.92. The third-order valence-electron chi connectivity index (χ3n) is 4.86. The molecule has 9 heteroatoms. The monoisotopic (exact) mass is 417 g/mol. The van der Waals surface area contributed by atoms with E-state index in [2.05, 4.69) is 15.3 Å². The first-order chi connectivity index (χ1) is 13.9. The highest BCUT2D eigenvalue weighted by Crippen LogP contribution is 2.31. The summed E-state index contributed by atoms with van der Waals surface area (Å²) in [5.74, 6) is 0.358. The summed E-state index contributed by atoms with van der Waals surface area (Å²) < 4.78 is 5.00. The first kappa shape index (κ1) is 21.2. The zero-order valence-corrected chi connectivity index (χ0v) is 18.1. The van der Waals surface area contributed by atoms with E-state index in [9.17, 15) is 9.59 Å². The van der Waals surface area contributed by atoms with Crippen molar-refractivity contribution in [1.82, 2.24) is 20.2 Å². The minimum atomic E-state index is -0.221. The molecule has 1 aliphatic heterocycles. The maximum absolute atomic E-state index is 12.8. The van der Waals surface area contributed by atoms with Gasteiger partial charge < -0.3 is 19.9 Å². The Hall–Kier alpha value is -2.52. The van der Waals surface area contributed by atoms with E-state index in [1.54, 1.807) is 13.3 Å². The maximum Gasteiger partial charge on any atom is 0.263 e. The number of nitrogens with zero attached hydrogens (tertiary/aromatic N) is 4. The molecule has 0 aliphatic carbocycles. The van der Waals surface area contributed by atoms with Gasteiger partial charge in [-0.2, -0.15) is 0 Å². The number of likely N-dealkylation sites (tertiary alicyclic amines) is 1.